The van der Waals surface area contributed by atoms with E-state index in [1.807, 2.05) is 18.2 Å². The second-order valence-corrected chi connectivity index (χ2v) is 9.51. The van der Waals surface area contributed by atoms with E-state index in [4.69, 9.17) is 32.0 Å². The number of nitrogen functional groups attached to an aromatic ring is 1. The Morgan fingerprint density at radius 3 is 2.42 bits per heavy atom. The number of alkyl halides is 3. The number of nitrogens with zero attached hydrogens (tertiary/aromatic N) is 5. The molecule has 2 aromatic heterocycles. The van der Waals surface area contributed by atoms with Crippen LogP contribution in [-0.2, 0) is 16.0 Å². The second-order valence-electron chi connectivity index (χ2n) is 9.07. The molecule has 0 aliphatic carbocycles. The number of carboxylic acid groups (broad SMARTS) is 1. The molecule has 5 rings (SSSR count). The first-order chi connectivity index (χ1) is 18.1. The van der Waals surface area contributed by atoms with Gasteiger partial charge in [-0.2, -0.15) is 18.3 Å². The lowest BCUT2D eigenvalue weighted by Crippen LogP contribution is -2.55. The second kappa shape index (κ2) is 12.0. The molecule has 2 aliphatic rings. The third kappa shape index (κ3) is 7.14. The predicted molar refractivity (Wildman–Crippen MR) is 133 cm³/mol. The van der Waals surface area contributed by atoms with Gasteiger partial charge in [0.15, 0.2) is 0 Å². The number of nitrogens with one attached hydrogen (secondary N) is 2. The summed E-state index contributed by atoms with van der Waals surface area (Å²) in [5, 5.41) is 23.1. The van der Waals surface area contributed by atoms with Crippen molar-refractivity contribution in [3.05, 3.63) is 52.8 Å². The summed E-state index contributed by atoms with van der Waals surface area (Å²) < 4.78 is 38.0. The van der Waals surface area contributed by atoms with E-state index in [9.17, 15) is 13.2 Å². The predicted octanol–water partition coefficient (Wildman–Crippen LogP) is 3.05. The van der Waals surface area contributed by atoms with Crippen molar-refractivity contribution >= 4 is 29.5 Å². The molecule has 0 radical (unpaired) electrons. The summed E-state index contributed by atoms with van der Waals surface area (Å²) >= 11 is 6.08. The molecule has 0 amide bonds. The molecule has 4 heterocycles. The van der Waals surface area contributed by atoms with E-state index in [1.54, 1.807) is 6.20 Å². The smallest absolute Gasteiger partial charge is 0.475 e. The number of benzene rings is 1. The van der Waals surface area contributed by atoms with Gasteiger partial charge in [-0.25, -0.2) is 4.79 Å². The highest BCUT2D eigenvalue weighted by atomic mass is 35.5. The van der Waals surface area contributed by atoms with Crippen LogP contribution in [0.1, 0.15) is 30.2 Å². The lowest BCUT2D eigenvalue weighted by atomic mass is 9.96. The zero-order valence-corrected chi connectivity index (χ0v) is 21.0. The van der Waals surface area contributed by atoms with Gasteiger partial charge < -0.3 is 20.5 Å². The van der Waals surface area contributed by atoms with Crippen molar-refractivity contribution in [2.45, 2.75) is 43.6 Å². The number of hydrogen-bond donors (Lipinski definition) is 4. The summed E-state index contributed by atoms with van der Waals surface area (Å²) in [7, 11) is 0. The first kappa shape index (κ1) is 27.7. The molecule has 0 saturated carbocycles. The van der Waals surface area contributed by atoms with Gasteiger partial charge in [-0.05, 0) is 43.0 Å². The van der Waals surface area contributed by atoms with E-state index >= 15 is 0 Å². The van der Waals surface area contributed by atoms with Crippen LogP contribution >= 0.6 is 11.6 Å². The number of morpholine rings is 1. The number of halogens is 4. The minimum absolute atomic E-state index is 0.0102. The lowest BCUT2D eigenvalue weighted by Gasteiger charge is -2.46. The Bertz CT molecular complexity index is 1170. The van der Waals surface area contributed by atoms with Crippen molar-refractivity contribution in [1.82, 2.24) is 30.3 Å². The number of piperidine rings is 1. The van der Waals surface area contributed by atoms with Gasteiger partial charge in [0.2, 0.25) is 11.9 Å². The van der Waals surface area contributed by atoms with Gasteiger partial charge >= 0.3 is 12.1 Å². The summed E-state index contributed by atoms with van der Waals surface area (Å²) in [5.74, 6) is -1.64. The van der Waals surface area contributed by atoms with Gasteiger partial charge in [0.1, 0.15) is 6.10 Å². The average molecular weight is 557 g/mol. The zero-order chi connectivity index (χ0) is 27.3. The van der Waals surface area contributed by atoms with Crippen molar-refractivity contribution in [3.8, 4) is 0 Å². The maximum Gasteiger partial charge on any atom is 0.490 e. The molecule has 3 aromatic rings. The molecule has 1 aromatic carbocycles. The van der Waals surface area contributed by atoms with E-state index in [0.29, 0.717) is 24.6 Å². The van der Waals surface area contributed by atoms with Crippen molar-refractivity contribution in [3.63, 3.8) is 0 Å². The summed E-state index contributed by atoms with van der Waals surface area (Å²) in [6, 6.07) is 10.9. The average Bonchev–Trinajstić information content (AvgIpc) is 3.58. The third-order valence-corrected chi connectivity index (χ3v) is 6.81. The number of hydrogen-bond acceptors (Lipinski definition) is 8. The number of rotatable bonds is 5. The fraction of sp³-hybridized carbons (Fsp3) is 0.478. The Hall–Kier alpha value is -3.36. The number of aromatic amines is 2. The molecule has 0 bridgehead atoms. The minimum Gasteiger partial charge on any atom is -0.475 e. The number of aliphatic carboxylic acids is 1. The van der Waals surface area contributed by atoms with Crippen LogP contribution in [-0.4, -0.2) is 85.9 Å². The Labute approximate surface area is 221 Å². The van der Waals surface area contributed by atoms with E-state index in [-0.39, 0.29) is 6.10 Å². The Kier molecular flexibility index (Phi) is 8.74. The fourth-order valence-corrected chi connectivity index (χ4v) is 4.81. The largest absolute Gasteiger partial charge is 0.490 e. The molecular weight excluding hydrogens is 529 g/mol. The molecule has 0 spiro atoms. The molecular formula is C23H28ClF3N8O3. The number of ether oxygens (including phenoxy) is 1. The Balaban J connectivity index is 0.000000426. The quantitative estimate of drug-likeness (QED) is 0.372. The standard InChI is InChI=1S/C21H27ClN8O.C2HF3O2/c22-15-3-1-14(2-4-15)11-17-13-31-19(18-5-8-24-26-18)12-30(17)16-6-9-29(10-7-16)21-25-20(23)27-28-21;3-2(4,5)1(6)7/h1-5,8,16-17,19H,6-7,9-13H2,(H,24,26)(H3,23,25,27,28);(H,6,7)/t17-,19+;/m0./s1. The maximum atomic E-state index is 10.6. The van der Waals surface area contributed by atoms with Gasteiger partial charge in [-0.1, -0.05) is 23.7 Å². The van der Waals surface area contributed by atoms with Crippen LogP contribution < -0.4 is 10.6 Å². The third-order valence-electron chi connectivity index (χ3n) is 6.56. The Morgan fingerprint density at radius 1 is 1.18 bits per heavy atom. The van der Waals surface area contributed by atoms with E-state index in [2.05, 4.69) is 47.3 Å². The van der Waals surface area contributed by atoms with Crippen LogP contribution in [0.4, 0.5) is 25.1 Å². The summed E-state index contributed by atoms with van der Waals surface area (Å²) in [4.78, 5) is 16.8. The van der Waals surface area contributed by atoms with Gasteiger partial charge in [0, 0.05) is 42.9 Å². The van der Waals surface area contributed by atoms with Crippen LogP contribution in [0.15, 0.2) is 36.5 Å². The van der Waals surface area contributed by atoms with Crippen LogP contribution in [0.25, 0.3) is 0 Å². The number of aromatic nitrogens is 5. The summed E-state index contributed by atoms with van der Waals surface area (Å²) in [6.07, 6.45) is -0.257. The molecule has 15 heteroatoms. The van der Waals surface area contributed by atoms with Crippen LogP contribution in [0, 0.1) is 0 Å². The normalized spacial score (nSPS) is 21.1. The van der Waals surface area contributed by atoms with Crippen molar-refractivity contribution in [2.75, 3.05) is 36.9 Å². The van der Waals surface area contributed by atoms with E-state index < -0.39 is 12.1 Å². The lowest BCUT2D eigenvalue weighted by molar-refractivity contribution is -0.192. The van der Waals surface area contributed by atoms with Gasteiger partial charge in [0.05, 0.1) is 12.3 Å². The van der Waals surface area contributed by atoms with Crippen LogP contribution in [0.3, 0.4) is 0 Å². The molecule has 2 aliphatic heterocycles. The van der Waals surface area contributed by atoms with Gasteiger partial charge in [0.25, 0.3) is 0 Å². The zero-order valence-electron chi connectivity index (χ0n) is 20.2. The number of carbonyl (C=O) groups is 1. The number of anilines is 2. The Morgan fingerprint density at radius 2 is 1.87 bits per heavy atom. The maximum absolute atomic E-state index is 10.6. The van der Waals surface area contributed by atoms with Gasteiger partial charge in [-0.15, -0.1) is 10.2 Å². The van der Waals surface area contributed by atoms with Crippen molar-refractivity contribution in [2.24, 2.45) is 0 Å². The first-order valence-corrected chi connectivity index (χ1v) is 12.3. The van der Waals surface area contributed by atoms with Crippen LogP contribution in [0.5, 0.6) is 0 Å². The van der Waals surface area contributed by atoms with Crippen LogP contribution in [0.2, 0.25) is 5.02 Å². The molecule has 38 heavy (non-hydrogen) atoms. The number of H-pyrrole nitrogens is 2. The van der Waals surface area contributed by atoms with E-state index in [1.165, 1.54) is 5.56 Å². The topological polar surface area (TPSA) is 149 Å². The highest BCUT2D eigenvalue weighted by Gasteiger charge is 2.38. The molecule has 206 valence electrons. The van der Waals surface area contributed by atoms with Crippen molar-refractivity contribution in [1.29, 1.82) is 0 Å². The minimum atomic E-state index is -5.08. The SMILES string of the molecule is Nc1nnc(N2CCC(N3C[C@H](c4ccn[nH]4)OC[C@@H]3Cc3ccc(Cl)cc3)CC2)[nH]1.O=C(O)C(F)(F)F. The highest BCUT2D eigenvalue weighted by molar-refractivity contribution is 6.30. The fourth-order valence-electron chi connectivity index (χ4n) is 4.68. The molecule has 0 unspecified atom stereocenters. The van der Waals surface area contributed by atoms with Crippen molar-refractivity contribution < 1.29 is 27.8 Å². The van der Waals surface area contributed by atoms with Gasteiger partial charge in [-0.3, -0.25) is 15.0 Å². The number of carboxylic acids is 1. The first-order valence-electron chi connectivity index (χ1n) is 11.9. The molecule has 11 nitrogen and oxygen atoms in total. The number of nitrogens with two attached hydrogens (primary N) is 1. The summed E-state index contributed by atoms with van der Waals surface area (Å²) in [5.41, 5.74) is 8.01. The molecule has 2 atom stereocenters. The van der Waals surface area contributed by atoms with E-state index in [0.717, 1.165) is 55.6 Å². The highest BCUT2D eigenvalue weighted by Crippen LogP contribution is 2.31. The summed E-state index contributed by atoms with van der Waals surface area (Å²) in [6.45, 7) is 3.36. The molecule has 5 N–H and O–H groups in total. The molecule has 2 saturated heterocycles. The molecule has 2 fully saturated rings. The monoisotopic (exact) mass is 556 g/mol.